The molecule has 1 aromatic rings. The first-order valence-corrected chi connectivity index (χ1v) is 9.33. The molecule has 1 aliphatic heterocycles. The van der Waals surface area contributed by atoms with Gasteiger partial charge in [-0.3, -0.25) is 0 Å². The van der Waals surface area contributed by atoms with E-state index in [1.54, 1.807) is 7.11 Å². The Morgan fingerprint density at radius 2 is 2.14 bits per heavy atom. The van der Waals surface area contributed by atoms with Crippen molar-refractivity contribution < 1.29 is 9.84 Å². The van der Waals surface area contributed by atoms with E-state index in [0.29, 0.717) is 18.7 Å². The third-order valence-electron chi connectivity index (χ3n) is 4.77. The Bertz CT molecular complexity index is 428. The van der Waals surface area contributed by atoms with Crippen LogP contribution in [0.15, 0.2) is 17.5 Å². The summed E-state index contributed by atoms with van der Waals surface area (Å²) in [7, 11) is 1.64. The lowest BCUT2D eigenvalue weighted by Crippen LogP contribution is -2.46. The fourth-order valence-electron chi connectivity index (χ4n) is 3.43. The minimum atomic E-state index is -0.361. The van der Waals surface area contributed by atoms with Gasteiger partial charge in [0.05, 0.1) is 12.7 Å². The van der Waals surface area contributed by atoms with Gasteiger partial charge in [0.2, 0.25) is 0 Å². The smallest absolute Gasteiger partial charge is 0.0900 e. The zero-order valence-electron chi connectivity index (χ0n) is 13.4. The van der Waals surface area contributed by atoms with Crippen molar-refractivity contribution in [1.29, 1.82) is 0 Å². The van der Waals surface area contributed by atoms with Crippen molar-refractivity contribution in [3.05, 3.63) is 22.4 Å². The SMILES string of the molecule is COCC(O)CN1CCC(NC(c2cccs2)C2CC2)CC1. The summed E-state index contributed by atoms with van der Waals surface area (Å²) in [5.74, 6) is 0.847. The number of nitrogens with zero attached hydrogens (tertiary/aromatic N) is 1. The summed E-state index contributed by atoms with van der Waals surface area (Å²) in [6.07, 6.45) is 4.73. The summed E-state index contributed by atoms with van der Waals surface area (Å²) in [4.78, 5) is 3.86. The van der Waals surface area contributed by atoms with E-state index < -0.39 is 0 Å². The Labute approximate surface area is 137 Å². The molecule has 2 aliphatic rings. The molecule has 1 saturated carbocycles. The highest BCUT2D eigenvalue weighted by atomic mass is 32.1. The fourth-order valence-corrected chi connectivity index (χ4v) is 4.31. The highest BCUT2D eigenvalue weighted by molar-refractivity contribution is 7.10. The number of β-amino-alcohol motifs (C(OH)–C–C–N with tert-alkyl or cyclic N) is 1. The summed E-state index contributed by atoms with van der Waals surface area (Å²) in [6, 6.07) is 5.62. The van der Waals surface area contributed by atoms with Crippen LogP contribution in [0.3, 0.4) is 0 Å². The van der Waals surface area contributed by atoms with Gasteiger partial charge in [-0.1, -0.05) is 6.07 Å². The number of ether oxygens (including phenoxy) is 1. The molecule has 2 atom stereocenters. The van der Waals surface area contributed by atoms with E-state index in [0.717, 1.165) is 25.6 Å². The number of methoxy groups -OCH3 is 1. The van der Waals surface area contributed by atoms with Crippen LogP contribution in [0, 0.1) is 5.92 Å². The van der Waals surface area contributed by atoms with E-state index in [-0.39, 0.29) is 6.10 Å². The van der Waals surface area contributed by atoms with Gasteiger partial charge in [0, 0.05) is 30.6 Å². The van der Waals surface area contributed by atoms with Gasteiger partial charge in [-0.05, 0) is 56.1 Å². The van der Waals surface area contributed by atoms with Crippen LogP contribution in [0.1, 0.15) is 36.6 Å². The van der Waals surface area contributed by atoms with Gasteiger partial charge in [0.25, 0.3) is 0 Å². The van der Waals surface area contributed by atoms with Gasteiger partial charge in [-0.25, -0.2) is 0 Å². The van der Waals surface area contributed by atoms with Crippen molar-refractivity contribution in [1.82, 2.24) is 10.2 Å². The number of hydrogen-bond donors (Lipinski definition) is 2. The largest absolute Gasteiger partial charge is 0.389 e. The number of aliphatic hydroxyl groups is 1. The van der Waals surface area contributed by atoms with Crippen LogP contribution >= 0.6 is 11.3 Å². The minimum Gasteiger partial charge on any atom is -0.389 e. The minimum absolute atomic E-state index is 0.361. The van der Waals surface area contributed by atoms with E-state index in [9.17, 15) is 5.11 Å². The molecule has 1 aromatic heterocycles. The van der Waals surface area contributed by atoms with E-state index in [4.69, 9.17) is 4.74 Å². The number of rotatable bonds is 8. The molecule has 5 heteroatoms. The van der Waals surface area contributed by atoms with Gasteiger partial charge in [-0.2, -0.15) is 0 Å². The predicted octanol–water partition coefficient (Wildman–Crippen LogP) is 2.26. The van der Waals surface area contributed by atoms with Crippen LogP contribution in [0.25, 0.3) is 0 Å². The second-order valence-corrected chi connectivity index (χ2v) is 7.66. The maximum atomic E-state index is 9.84. The van der Waals surface area contributed by atoms with E-state index in [1.165, 1.54) is 30.6 Å². The molecule has 2 N–H and O–H groups in total. The highest BCUT2D eigenvalue weighted by Crippen LogP contribution is 2.42. The van der Waals surface area contributed by atoms with E-state index in [2.05, 4.69) is 27.7 Å². The molecule has 2 unspecified atom stereocenters. The zero-order chi connectivity index (χ0) is 15.4. The molecule has 1 saturated heterocycles. The van der Waals surface area contributed by atoms with Crippen LogP contribution in [-0.4, -0.2) is 55.5 Å². The van der Waals surface area contributed by atoms with Crippen molar-refractivity contribution in [3.63, 3.8) is 0 Å². The maximum absolute atomic E-state index is 9.84. The van der Waals surface area contributed by atoms with Gasteiger partial charge in [0.15, 0.2) is 0 Å². The van der Waals surface area contributed by atoms with Gasteiger partial charge >= 0.3 is 0 Å². The number of likely N-dealkylation sites (tertiary alicyclic amines) is 1. The summed E-state index contributed by atoms with van der Waals surface area (Å²) >= 11 is 1.88. The summed E-state index contributed by atoms with van der Waals surface area (Å²) in [6.45, 7) is 3.30. The lowest BCUT2D eigenvalue weighted by Gasteiger charge is -2.35. The standard InChI is InChI=1S/C17H28N2O2S/c1-21-12-15(20)11-19-8-6-14(7-9-19)18-17(13-4-5-13)16-3-2-10-22-16/h2-3,10,13-15,17-18,20H,4-9,11-12H2,1H3. The van der Waals surface area contributed by atoms with Gasteiger partial charge in [0.1, 0.15) is 0 Å². The normalized spacial score (nSPS) is 23.5. The van der Waals surface area contributed by atoms with Crippen molar-refractivity contribution in [2.24, 2.45) is 5.92 Å². The van der Waals surface area contributed by atoms with Crippen molar-refractivity contribution >= 4 is 11.3 Å². The van der Waals surface area contributed by atoms with Crippen LogP contribution in [0.4, 0.5) is 0 Å². The molecule has 2 heterocycles. The lowest BCUT2D eigenvalue weighted by atomic mass is 10.0. The number of thiophene rings is 1. The first-order valence-electron chi connectivity index (χ1n) is 8.45. The highest BCUT2D eigenvalue weighted by Gasteiger charge is 2.34. The van der Waals surface area contributed by atoms with Crippen molar-refractivity contribution in [2.75, 3.05) is 33.4 Å². The molecule has 124 valence electrons. The van der Waals surface area contributed by atoms with Gasteiger partial charge in [-0.15, -0.1) is 11.3 Å². The second kappa shape index (κ2) is 7.88. The summed E-state index contributed by atoms with van der Waals surface area (Å²) < 4.78 is 5.01. The first-order chi connectivity index (χ1) is 10.8. The lowest BCUT2D eigenvalue weighted by molar-refractivity contribution is 0.0306. The molecule has 0 amide bonds. The van der Waals surface area contributed by atoms with Crippen LogP contribution in [-0.2, 0) is 4.74 Å². The predicted molar refractivity (Wildman–Crippen MR) is 90.3 cm³/mol. The number of hydrogen-bond acceptors (Lipinski definition) is 5. The third-order valence-corrected chi connectivity index (χ3v) is 5.73. The quantitative estimate of drug-likeness (QED) is 0.770. The molecule has 22 heavy (non-hydrogen) atoms. The molecule has 1 aliphatic carbocycles. The maximum Gasteiger partial charge on any atom is 0.0900 e. The first kappa shape index (κ1) is 16.4. The number of piperidine rings is 1. The van der Waals surface area contributed by atoms with Crippen molar-refractivity contribution in [2.45, 2.75) is 43.9 Å². The molecule has 2 fully saturated rings. The molecule has 3 rings (SSSR count). The Balaban J connectivity index is 1.45. The van der Waals surface area contributed by atoms with Crippen LogP contribution in [0.5, 0.6) is 0 Å². The Morgan fingerprint density at radius 1 is 1.36 bits per heavy atom. The topological polar surface area (TPSA) is 44.7 Å². The van der Waals surface area contributed by atoms with Crippen LogP contribution in [0.2, 0.25) is 0 Å². The average molecular weight is 324 g/mol. The molecule has 0 radical (unpaired) electrons. The molecule has 0 aromatic carbocycles. The molecular formula is C17H28N2O2S. The summed E-state index contributed by atoms with van der Waals surface area (Å²) in [5, 5.41) is 15.9. The molecule has 0 bridgehead atoms. The summed E-state index contributed by atoms with van der Waals surface area (Å²) in [5.41, 5.74) is 0. The second-order valence-electron chi connectivity index (χ2n) is 6.68. The van der Waals surface area contributed by atoms with Crippen molar-refractivity contribution in [3.8, 4) is 0 Å². The fraction of sp³-hybridized carbons (Fsp3) is 0.765. The third kappa shape index (κ3) is 4.52. The van der Waals surface area contributed by atoms with Gasteiger partial charge < -0.3 is 20.1 Å². The zero-order valence-corrected chi connectivity index (χ0v) is 14.2. The van der Waals surface area contributed by atoms with E-state index >= 15 is 0 Å². The Hall–Kier alpha value is -0.460. The molecule has 4 nitrogen and oxygen atoms in total. The monoisotopic (exact) mass is 324 g/mol. The van der Waals surface area contributed by atoms with Crippen LogP contribution < -0.4 is 5.32 Å². The van der Waals surface area contributed by atoms with E-state index in [1.807, 2.05) is 11.3 Å². The molecular weight excluding hydrogens is 296 g/mol. The Kier molecular flexibility index (Phi) is 5.88. The number of nitrogens with one attached hydrogen (secondary N) is 1. The average Bonchev–Trinajstić information content (AvgIpc) is 3.21. The number of aliphatic hydroxyl groups excluding tert-OH is 1. The molecule has 0 spiro atoms. The Morgan fingerprint density at radius 3 is 2.73 bits per heavy atom.